The van der Waals surface area contributed by atoms with Crippen LogP contribution < -0.4 is 5.32 Å². The van der Waals surface area contributed by atoms with Crippen LogP contribution >= 0.6 is 0 Å². The fourth-order valence-corrected chi connectivity index (χ4v) is 5.48. The average molecular weight is 497 g/mol. The number of carbonyl (C=O) groups excluding carboxylic acids is 1. The Morgan fingerprint density at radius 2 is 1.80 bits per heavy atom. The molecule has 180 valence electrons. The second kappa shape index (κ2) is 8.71. The highest BCUT2D eigenvalue weighted by atomic mass is 32.2. The van der Waals surface area contributed by atoms with Crippen LogP contribution in [0.15, 0.2) is 57.8 Å². The number of nitrogens with zero attached hydrogens (tertiary/aromatic N) is 5. The summed E-state index contributed by atoms with van der Waals surface area (Å²) in [7, 11) is -2.05. The third-order valence-electron chi connectivity index (χ3n) is 5.75. The van der Waals surface area contributed by atoms with Gasteiger partial charge in [0.1, 0.15) is 5.82 Å². The molecular weight excluding hydrogens is 475 g/mol. The molecule has 12 heteroatoms. The topological polar surface area (TPSA) is 123 Å². The molecule has 0 saturated carbocycles. The maximum atomic E-state index is 14.2. The standard InChI is InChI=1S/C23H21FN6O4S/c1-14(31)25-15-7-9-16(10-8-15)35(32,33)30-12-11-20-18(13-30)21(28-29(20)2)23-27-26-22(34-23)17-5-3-4-6-19(17)24/h3-10H,11-13H2,1-2H3,(H,25,31). The number of carbonyl (C=O) groups is 1. The third-order valence-corrected chi connectivity index (χ3v) is 7.61. The summed E-state index contributed by atoms with van der Waals surface area (Å²) >= 11 is 0. The Labute approximate surface area is 200 Å². The number of sulfonamides is 1. The lowest BCUT2D eigenvalue weighted by atomic mass is 10.1. The smallest absolute Gasteiger partial charge is 0.268 e. The predicted molar refractivity (Wildman–Crippen MR) is 124 cm³/mol. The van der Waals surface area contributed by atoms with Gasteiger partial charge in [0.05, 0.1) is 10.5 Å². The Morgan fingerprint density at radius 1 is 1.09 bits per heavy atom. The molecule has 35 heavy (non-hydrogen) atoms. The number of halogens is 1. The molecule has 3 heterocycles. The molecule has 0 saturated heterocycles. The van der Waals surface area contributed by atoms with Gasteiger partial charge in [-0.3, -0.25) is 9.48 Å². The largest absolute Gasteiger partial charge is 0.414 e. The third kappa shape index (κ3) is 4.21. The number of amides is 1. The van der Waals surface area contributed by atoms with E-state index in [2.05, 4.69) is 20.6 Å². The van der Waals surface area contributed by atoms with Gasteiger partial charge in [0.15, 0.2) is 5.69 Å². The second-order valence-electron chi connectivity index (χ2n) is 8.08. The van der Waals surface area contributed by atoms with Crippen molar-refractivity contribution < 1.29 is 22.0 Å². The number of rotatable bonds is 5. The van der Waals surface area contributed by atoms with Crippen molar-refractivity contribution in [2.24, 2.45) is 7.05 Å². The van der Waals surface area contributed by atoms with Gasteiger partial charge in [0, 0.05) is 50.4 Å². The van der Waals surface area contributed by atoms with Crippen molar-refractivity contribution in [1.29, 1.82) is 0 Å². The first-order valence-electron chi connectivity index (χ1n) is 10.8. The van der Waals surface area contributed by atoms with Gasteiger partial charge in [-0.05, 0) is 36.4 Å². The summed E-state index contributed by atoms with van der Waals surface area (Å²) in [5.41, 5.74) is 2.55. The van der Waals surface area contributed by atoms with Crippen molar-refractivity contribution in [2.75, 3.05) is 11.9 Å². The average Bonchev–Trinajstić information content (AvgIpc) is 3.44. The molecule has 1 N–H and O–H groups in total. The van der Waals surface area contributed by atoms with Crippen LogP contribution in [0.3, 0.4) is 0 Å². The summed E-state index contributed by atoms with van der Waals surface area (Å²) in [6.07, 6.45) is 0.441. The molecule has 0 bridgehead atoms. The van der Waals surface area contributed by atoms with Crippen LogP contribution in [0.5, 0.6) is 0 Å². The monoisotopic (exact) mass is 496 g/mol. The molecule has 10 nitrogen and oxygen atoms in total. The summed E-state index contributed by atoms with van der Waals surface area (Å²) in [6.45, 7) is 1.71. The van der Waals surface area contributed by atoms with Crippen molar-refractivity contribution in [3.8, 4) is 23.0 Å². The van der Waals surface area contributed by atoms with Gasteiger partial charge in [-0.15, -0.1) is 10.2 Å². The number of anilines is 1. The van der Waals surface area contributed by atoms with E-state index in [0.29, 0.717) is 23.4 Å². The van der Waals surface area contributed by atoms with Crippen LogP contribution in [0, 0.1) is 5.82 Å². The first kappa shape index (κ1) is 22.9. The van der Waals surface area contributed by atoms with Crippen molar-refractivity contribution >= 4 is 21.6 Å². The van der Waals surface area contributed by atoms with Crippen molar-refractivity contribution in [2.45, 2.75) is 24.8 Å². The van der Waals surface area contributed by atoms with E-state index in [0.717, 1.165) is 5.69 Å². The number of benzene rings is 2. The fraction of sp³-hybridized carbons (Fsp3) is 0.217. The summed E-state index contributed by atoms with van der Waals surface area (Å²) in [5, 5.41) is 15.1. The summed E-state index contributed by atoms with van der Waals surface area (Å²) < 4.78 is 49.6. The van der Waals surface area contributed by atoms with Gasteiger partial charge in [-0.2, -0.15) is 9.40 Å². The molecule has 0 fully saturated rings. The number of nitrogens with one attached hydrogen (secondary N) is 1. The van der Waals surface area contributed by atoms with Crippen LogP contribution in [-0.4, -0.2) is 45.2 Å². The predicted octanol–water partition coefficient (Wildman–Crippen LogP) is 2.98. The maximum Gasteiger partial charge on any atom is 0.268 e. The molecule has 1 aliphatic heterocycles. The molecular formula is C23H21FN6O4S. The highest BCUT2D eigenvalue weighted by molar-refractivity contribution is 7.89. The molecule has 0 atom stereocenters. The lowest BCUT2D eigenvalue weighted by Crippen LogP contribution is -2.36. The van der Waals surface area contributed by atoms with Gasteiger partial charge in [0.2, 0.25) is 15.9 Å². The first-order valence-corrected chi connectivity index (χ1v) is 12.2. The zero-order valence-corrected chi connectivity index (χ0v) is 19.7. The molecule has 2 aromatic heterocycles. The van der Waals surface area contributed by atoms with E-state index < -0.39 is 15.8 Å². The fourth-order valence-electron chi connectivity index (χ4n) is 4.07. The molecule has 5 rings (SSSR count). The molecule has 2 aromatic carbocycles. The number of hydrogen-bond donors (Lipinski definition) is 1. The number of hydrogen-bond acceptors (Lipinski definition) is 7. The minimum absolute atomic E-state index is 0.0112. The van der Waals surface area contributed by atoms with E-state index in [4.69, 9.17) is 4.42 Å². The molecule has 0 spiro atoms. The molecule has 4 aromatic rings. The summed E-state index contributed by atoms with van der Waals surface area (Å²) in [6, 6.07) is 12.1. The summed E-state index contributed by atoms with van der Waals surface area (Å²) in [4.78, 5) is 11.3. The number of aromatic nitrogens is 4. The van der Waals surface area contributed by atoms with E-state index in [9.17, 15) is 17.6 Å². The summed E-state index contributed by atoms with van der Waals surface area (Å²) in [5.74, 6) is -0.643. The van der Waals surface area contributed by atoms with Crippen LogP contribution in [0.2, 0.25) is 0 Å². The lowest BCUT2D eigenvalue weighted by Gasteiger charge is -2.26. The van der Waals surface area contributed by atoms with Gasteiger partial charge < -0.3 is 9.73 Å². The van der Waals surface area contributed by atoms with E-state index in [1.807, 2.05) is 0 Å². The van der Waals surface area contributed by atoms with Crippen molar-refractivity contribution in [1.82, 2.24) is 24.3 Å². The highest BCUT2D eigenvalue weighted by Gasteiger charge is 2.33. The van der Waals surface area contributed by atoms with Crippen LogP contribution in [0.25, 0.3) is 23.0 Å². The zero-order valence-electron chi connectivity index (χ0n) is 18.9. The Kier molecular flexibility index (Phi) is 5.69. The Balaban J connectivity index is 1.45. The Morgan fingerprint density at radius 3 is 2.51 bits per heavy atom. The van der Waals surface area contributed by atoms with E-state index in [-0.39, 0.29) is 41.2 Å². The second-order valence-corrected chi connectivity index (χ2v) is 10.0. The highest BCUT2D eigenvalue weighted by Crippen LogP contribution is 2.33. The van der Waals surface area contributed by atoms with Crippen LogP contribution in [-0.2, 0) is 34.8 Å². The molecule has 1 amide bonds. The Bertz CT molecular complexity index is 1530. The minimum atomic E-state index is -3.82. The molecule has 1 aliphatic rings. The van der Waals surface area contributed by atoms with Gasteiger partial charge in [0.25, 0.3) is 11.8 Å². The van der Waals surface area contributed by atoms with Crippen LogP contribution in [0.4, 0.5) is 10.1 Å². The normalized spacial score (nSPS) is 14.0. The Hall–Kier alpha value is -3.90. The van der Waals surface area contributed by atoms with E-state index in [1.54, 1.807) is 36.0 Å². The minimum Gasteiger partial charge on any atom is -0.414 e. The molecule has 0 aliphatic carbocycles. The quantitative estimate of drug-likeness (QED) is 0.451. The number of fused-ring (bicyclic) bond motifs is 1. The van der Waals surface area contributed by atoms with Crippen LogP contribution in [0.1, 0.15) is 18.2 Å². The van der Waals surface area contributed by atoms with E-state index in [1.165, 1.54) is 35.5 Å². The lowest BCUT2D eigenvalue weighted by molar-refractivity contribution is -0.114. The van der Waals surface area contributed by atoms with Crippen molar-refractivity contribution in [3.05, 3.63) is 65.6 Å². The molecule has 0 radical (unpaired) electrons. The van der Waals surface area contributed by atoms with Crippen molar-refractivity contribution in [3.63, 3.8) is 0 Å². The van der Waals surface area contributed by atoms with Gasteiger partial charge in [-0.25, -0.2) is 12.8 Å². The first-order chi connectivity index (χ1) is 16.7. The molecule has 0 unspecified atom stereocenters. The van der Waals surface area contributed by atoms with Gasteiger partial charge >= 0.3 is 0 Å². The SMILES string of the molecule is CC(=O)Nc1ccc(S(=O)(=O)N2CCc3c(c(-c4nnc(-c5ccccc5F)o4)nn3C)C2)cc1. The zero-order chi connectivity index (χ0) is 24.7. The number of aryl methyl sites for hydroxylation is 1. The van der Waals surface area contributed by atoms with E-state index >= 15 is 0 Å². The maximum absolute atomic E-state index is 14.2. The van der Waals surface area contributed by atoms with Gasteiger partial charge in [-0.1, -0.05) is 12.1 Å².